The normalized spacial score (nSPS) is 10.8. The summed E-state index contributed by atoms with van der Waals surface area (Å²) in [6.07, 6.45) is 0.968. The van der Waals surface area contributed by atoms with Crippen molar-refractivity contribution in [3.63, 3.8) is 0 Å². The number of amides is 1. The Kier molecular flexibility index (Phi) is 5.83. The molecule has 0 fully saturated rings. The van der Waals surface area contributed by atoms with E-state index in [0.717, 1.165) is 15.9 Å². The summed E-state index contributed by atoms with van der Waals surface area (Å²) in [4.78, 5) is 12.5. The van der Waals surface area contributed by atoms with Crippen LogP contribution in [0.15, 0.2) is 108 Å². The van der Waals surface area contributed by atoms with Gasteiger partial charge in [0.2, 0.25) is 0 Å². The second kappa shape index (κ2) is 8.46. The highest BCUT2D eigenvalue weighted by Crippen LogP contribution is 2.46. The Morgan fingerprint density at radius 3 is 1.54 bits per heavy atom. The van der Waals surface area contributed by atoms with Crippen LogP contribution < -0.4 is 15.9 Å². The zero-order valence-corrected chi connectivity index (χ0v) is 15.3. The molecule has 0 aliphatic rings. The van der Waals surface area contributed by atoms with Crippen molar-refractivity contribution in [3.05, 3.63) is 104 Å². The number of hydrogen-bond acceptors (Lipinski definition) is 2. The molecule has 26 heavy (non-hydrogen) atoms. The second-order valence-electron chi connectivity index (χ2n) is 5.61. The molecule has 3 aromatic carbocycles. The van der Waals surface area contributed by atoms with E-state index in [9.17, 15) is 4.79 Å². The average Bonchev–Trinajstić information content (AvgIpc) is 2.72. The Morgan fingerprint density at radius 1 is 0.808 bits per heavy atom. The fraction of sp³-hybridized carbons (Fsp3) is 0.0455. The van der Waals surface area contributed by atoms with Gasteiger partial charge in [-0.15, -0.1) is 0 Å². The first-order valence-electron chi connectivity index (χ1n) is 8.34. The minimum absolute atomic E-state index is 0.140. The standard InChI is InChI=1S/C22H20NO2P/c1-2-18-25-22(24)23-26(19-12-6-3-7-13-19,20-14-8-4-9-15-20)21-16-10-5-11-17-21/h2-17H,1,18H2. The molecule has 0 aliphatic carbocycles. The molecular weight excluding hydrogens is 341 g/mol. The smallest absolute Gasteiger partial charge is 0.433 e. The third-order valence-electron chi connectivity index (χ3n) is 3.95. The van der Waals surface area contributed by atoms with E-state index < -0.39 is 13.1 Å². The van der Waals surface area contributed by atoms with Crippen LogP contribution in [-0.4, -0.2) is 12.7 Å². The van der Waals surface area contributed by atoms with Gasteiger partial charge in [0.25, 0.3) is 0 Å². The molecule has 3 nitrogen and oxygen atoms in total. The summed E-state index contributed by atoms with van der Waals surface area (Å²) in [5.41, 5.74) is 0. The first-order chi connectivity index (χ1) is 12.8. The molecule has 0 heterocycles. The van der Waals surface area contributed by atoms with Crippen LogP contribution in [0, 0.1) is 0 Å². The molecule has 0 saturated heterocycles. The Labute approximate surface area is 154 Å². The van der Waals surface area contributed by atoms with Gasteiger partial charge in [0.05, 0.1) is 7.05 Å². The molecule has 130 valence electrons. The summed E-state index contributed by atoms with van der Waals surface area (Å²) < 4.78 is 9.87. The zero-order valence-electron chi connectivity index (χ0n) is 14.4. The summed E-state index contributed by atoms with van der Waals surface area (Å²) in [6.45, 7) is 3.73. The number of carbonyl (C=O) groups is 1. The Morgan fingerprint density at radius 2 is 1.19 bits per heavy atom. The van der Waals surface area contributed by atoms with Crippen molar-refractivity contribution in [1.29, 1.82) is 0 Å². The van der Waals surface area contributed by atoms with Gasteiger partial charge in [-0.3, -0.25) is 0 Å². The molecule has 0 bridgehead atoms. The van der Waals surface area contributed by atoms with E-state index in [4.69, 9.17) is 4.74 Å². The first-order valence-corrected chi connectivity index (χ1v) is 10.1. The van der Waals surface area contributed by atoms with Crippen molar-refractivity contribution in [1.82, 2.24) is 0 Å². The second-order valence-corrected chi connectivity index (χ2v) is 8.63. The molecule has 1 amide bonds. The van der Waals surface area contributed by atoms with Gasteiger partial charge in [-0.05, 0) is 0 Å². The van der Waals surface area contributed by atoms with Crippen molar-refractivity contribution in [2.75, 3.05) is 6.61 Å². The van der Waals surface area contributed by atoms with E-state index in [1.165, 1.54) is 0 Å². The van der Waals surface area contributed by atoms with Gasteiger partial charge >= 0.3 is 6.09 Å². The van der Waals surface area contributed by atoms with Crippen molar-refractivity contribution in [2.24, 2.45) is 4.74 Å². The molecule has 4 heteroatoms. The molecular formula is C22H20NO2P. The van der Waals surface area contributed by atoms with E-state index in [1.54, 1.807) is 6.08 Å². The van der Waals surface area contributed by atoms with Gasteiger partial charge in [0.15, 0.2) is 0 Å². The number of hydrogen-bond donors (Lipinski definition) is 0. The van der Waals surface area contributed by atoms with E-state index in [1.807, 2.05) is 91.0 Å². The summed E-state index contributed by atoms with van der Waals surface area (Å²) >= 11 is 0. The molecule has 0 unspecified atom stereocenters. The monoisotopic (exact) mass is 361 g/mol. The molecule has 0 N–H and O–H groups in total. The largest absolute Gasteiger partial charge is 0.444 e. The van der Waals surface area contributed by atoms with Crippen LogP contribution in [0.3, 0.4) is 0 Å². The summed E-state index contributed by atoms with van der Waals surface area (Å²) in [7, 11) is -2.53. The maximum Gasteiger partial charge on any atom is 0.433 e. The molecule has 0 aromatic heterocycles. The first kappa shape index (κ1) is 17.9. The highest BCUT2D eigenvalue weighted by Gasteiger charge is 2.28. The van der Waals surface area contributed by atoms with Crippen molar-refractivity contribution in [3.8, 4) is 0 Å². The zero-order chi connectivity index (χ0) is 18.2. The summed E-state index contributed by atoms with van der Waals surface area (Å²) in [6, 6.07) is 29.9. The van der Waals surface area contributed by atoms with Gasteiger partial charge < -0.3 is 4.74 Å². The Balaban J connectivity index is 2.34. The fourth-order valence-corrected chi connectivity index (χ4v) is 6.19. The maximum absolute atomic E-state index is 12.5. The number of rotatable bonds is 5. The number of ether oxygens (including phenoxy) is 1. The van der Waals surface area contributed by atoms with Crippen molar-refractivity contribution < 1.29 is 9.53 Å². The Bertz CT molecular complexity index is 819. The maximum atomic E-state index is 12.5. The SMILES string of the molecule is C=CCOC(=O)N=P(c1ccccc1)(c1ccccc1)c1ccccc1. The van der Waals surface area contributed by atoms with Crippen LogP contribution in [0.1, 0.15) is 0 Å². The molecule has 3 aromatic rings. The third-order valence-corrected chi connectivity index (χ3v) is 7.55. The van der Waals surface area contributed by atoms with E-state index in [2.05, 4.69) is 11.3 Å². The molecule has 0 radical (unpaired) electrons. The van der Waals surface area contributed by atoms with Crippen LogP contribution >= 0.6 is 7.05 Å². The van der Waals surface area contributed by atoms with Crippen molar-refractivity contribution in [2.45, 2.75) is 0 Å². The minimum Gasteiger partial charge on any atom is -0.444 e. The number of benzene rings is 3. The van der Waals surface area contributed by atoms with Crippen molar-refractivity contribution >= 4 is 29.1 Å². The summed E-state index contributed by atoms with van der Waals surface area (Å²) in [5.74, 6) is 0. The third kappa shape index (κ3) is 3.68. The number of nitrogens with zero attached hydrogens (tertiary/aromatic N) is 1. The highest BCUT2D eigenvalue weighted by atomic mass is 31.2. The van der Waals surface area contributed by atoms with E-state index >= 15 is 0 Å². The molecule has 0 spiro atoms. The van der Waals surface area contributed by atoms with Gasteiger partial charge in [-0.2, -0.15) is 4.74 Å². The van der Waals surface area contributed by atoms with Crippen LogP contribution in [0.2, 0.25) is 0 Å². The van der Waals surface area contributed by atoms with E-state index in [0.29, 0.717) is 0 Å². The van der Waals surface area contributed by atoms with E-state index in [-0.39, 0.29) is 6.61 Å². The number of carbonyl (C=O) groups excluding carboxylic acids is 1. The van der Waals surface area contributed by atoms with Crippen LogP contribution in [0.25, 0.3) is 0 Å². The predicted octanol–water partition coefficient (Wildman–Crippen LogP) is 4.49. The van der Waals surface area contributed by atoms with Gasteiger partial charge in [-0.1, -0.05) is 104 Å². The van der Waals surface area contributed by atoms with Crippen LogP contribution in [0.5, 0.6) is 0 Å². The summed E-state index contributed by atoms with van der Waals surface area (Å²) in [5, 5.41) is 3.02. The van der Waals surface area contributed by atoms with Gasteiger partial charge in [-0.25, -0.2) is 4.79 Å². The molecule has 0 aliphatic heterocycles. The predicted molar refractivity (Wildman–Crippen MR) is 109 cm³/mol. The highest BCUT2D eigenvalue weighted by molar-refractivity contribution is 7.87. The lowest BCUT2D eigenvalue weighted by molar-refractivity contribution is 0.170. The van der Waals surface area contributed by atoms with Crippen LogP contribution in [-0.2, 0) is 4.74 Å². The average molecular weight is 361 g/mol. The van der Waals surface area contributed by atoms with Gasteiger partial charge in [0, 0.05) is 15.9 Å². The van der Waals surface area contributed by atoms with Crippen LogP contribution in [0.4, 0.5) is 4.79 Å². The lowest BCUT2D eigenvalue weighted by Gasteiger charge is -2.26. The minimum atomic E-state index is -2.53. The fourth-order valence-electron chi connectivity index (χ4n) is 2.83. The lowest BCUT2D eigenvalue weighted by Crippen LogP contribution is -2.26. The topological polar surface area (TPSA) is 38.7 Å². The Hall–Kier alpha value is -2.90. The quantitative estimate of drug-likeness (QED) is 0.496. The van der Waals surface area contributed by atoms with Gasteiger partial charge in [0.1, 0.15) is 6.61 Å². The lowest BCUT2D eigenvalue weighted by atomic mass is 10.4. The molecule has 3 rings (SSSR count). The molecule has 0 saturated carbocycles. The molecule has 0 atom stereocenters.